The third-order valence-corrected chi connectivity index (χ3v) is 7.10. The monoisotopic (exact) mass is 732 g/mol. The van der Waals surface area contributed by atoms with Crippen LogP contribution < -0.4 is 0 Å². The van der Waals surface area contributed by atoms with E-state index in [0.29, 0.717) is 5.56 Å². The molecule has 0 aliphatic heterocycles. The Morgan fingerprint density at radius 3 is 1.16 bits per heavy atom. The molecule has 45 heavy (non-hydrogen) atoms. The van der Waals surface area contributed by atoms with Gasteiger partial charge in [0.1, 0.15) is 0 Å². The second-order valence-corrected chi connectivity index (χ2v) is 10.5. The number of rotatable bonds is 15. The van der Waals surface area contributed by atoms with Gasteiger partial charge < -0.3 is 0 Å². The minimum absolute atomic E-state index is 0.0109. The normalized spacial score (nSPS) is 15.8. The minimum atomic E-state index is -9.36. The summed E-state index contributed by atoms with van der Waals surface area (Å²) in [5.74, 6) is -72.4. The Hall–Kier alpha value is -2.34. The third kappa shape index (κ3) is 5.98. The van der Waals surface area contributed by atoms with Crippen molar-refractivity contribution < 1.29 is 105 Å². The first-order chi connectivity index (χ1) is 19.6. The Balaban J connectivity index is 3.48. The molecule has 1 aromatic carbocycles. The van der Waals surface area contributed by atoms with Gasteiger partial charge >= 0.3 is 68.9 Å². The summed E-state index contributed by atoms with van der Waals surface area (Å²) >= 11 is 0. The molecule has 0 aliphatic rings. The third-order valence-electron chi connectivity index (χ3n) is 5.74. The zero-order valence-corrected chi connectivity index (χ0v) is 21.6. The molecular formula is C20H13F21O3S. The fourth-order valence-electron chi connectivity index (χ4n) is 3.02. The highest BCUT2D eigenvalue weighted by atomic mass is 32.2. The van der Waals surface area contributed by atoms with E-state index >= 15 is 0 Å². The number of hydrogen-bond acceptors (Lipinski definition) is 3. The lowest BCUT2D eigenvalue weighted by atomic mass is 9.87. The smallest absolute Gasteiger partial charge is 0.265 e. The van der Waals surface area contributed by atoms with Crippen molar-refractivity contribution in [3.8, 4) is 0 Å². The summed E-state index contributed by atoms with van der Waals surface area (Å²) < 4.78 is 307. The highest BCUT2D eigenvalue weighted by Gasteiger charge is 2.98. The van der Waals surface area contributed by atoms with Gasteiger partial charge in [-0.15, -0.1) is 0 Å². The highest BCUT2D eigenvalue weighted by Crippen LogP contribution is 2.66. The summed E-state index contributed by atoms with van der Waals surface area (Å²) in [5, 5.41) is -7.87. The van der Waals surface area contributed by atoms with Gasteiger partial charge in [0.05, 0.1) is 6.61 Å². The molecule has 0 saturated heterocycles. The van der Waals surface area contributed by atoms with Crippen molar-refractivity contribution in [2.45, 2.75) is 78.1 Å². The molecule has 0 spiro atoms. The van der Waals surface area contributed by atoms with E-state index in [1.165, 1.54) is 30.3 Å². The molecule has 0 fully saturated rings. The van der Waals surface area contributed by atoms with Crippen LogP contribution in [0.5, 0.6) is 0 Å². The Kier molecular flexibility index (Phi) is 10.6. The van der Waals surface area contributed by atoms with Crippen LogP contribution in [0.1, 0.15) is 18.4 Å². The van der Waals surface area contributed by atoms with Gasteiger partial charge in [-0.3, -0.25) is 4.18 Å². The summed E-state index contributed by atoms with van der Waals surface area (Å²) in [6.07, 6.45) is -9.06. The van der Waals surface area contributed by atoms with E-state index in [1.54, 1.807) is 0 Å². The molecule has 0 atom stereocenters. The predicted molar refractivity (Wildman–Crippen MR) is 105 cm³/mol. The van der Waals surface area contributed by atoms with E-state index in [0.717, 1.165) is 0 Å². The molecule has 0 N–H and O–H groups in total. The van der Waals surface area contributed by atoms with Crippen LogP contribution in [0.15, 0.2) is 30.3 Å². The first kappa shape index (κ1) is 40.7. The molecule has 0 heterocycles. The van der Waals surface area contributed by atoms with Gasteiger partial charge in [0.2, 0.25) is 0 Å². The first-order valence-electron chi connectivity index (χ1n) is 11.0. The topological polar surface area (TPSA) is 43.4 Å². The number of hydrogen-bond donors (Lipinski definition) is 0. The van der Waals surface area contributed by atoms with Crippen molar-refractivity contribution in [2.24, 2.45) is 0 Å². The molecule has 1 rings (SSSR count). The molecule has 0 aromatic heterocycles. The Morgan fingerprint density at radius 1 is 0.467 bits per heavy atom. The number of alkyl halides is 21. The second kappa shape index (κ2) is 11.7. The maximum Gasteiger partial charge on any atom is 0.460 e. The molecule has 0 unspecified atom stereocenters. The average Bonchev–Trinajstić information content (AvgIpc) is 2.87. The van der Waals surface area contributed by atoms with Gasteiger partial charge in [0.15, 0.2) is 0 Å². The first-order valence-corrected chi connectivity index (χ1v) is 12.4. The molecule has 264 valence electrons. The Bertz CT molecular complexity index is 1270. The Labute approximate surface area is 236 Å². The number of benzene rings is 1. The second-order valence-electron chi connectivity index (χ2n) is 8.83. The van der Waals surface area contributed by atoms with E-state index in [-0.39, 0.29) is 12.8 Å². The number of aryl methyl sites for hydroxylation is 1. The van der Waals surface area contributed by atoms with Crippen molar-refractivity contribution in [2.75, 3.05) is 6.61 Å². The predicted octanol–water partition coefficient (Wildman–Crippen LogP) is 8.59. The van der Waals surface area contributed by atoms with Crippen LogP contribution in [0.25, 0.3) is 0 Å². The SMILES string of the molecule is O=S(=O)(OCCCCc1ccccc1)C(F)(F)C(F)(F)C(F)(F)C(F)(F)C(F)(F)C(F)(F)C(F)(F)C(F)(F)C(F)(F)C(F)(F)F. The molecule has 0 aliphatic carbocycles. The molecule has 1 aromatic rings. The van der Waals surface area contributed by atoms with Crippen molar-refractivity contribution in [3.05, 3.63) is 35.9 Å². The van der Waals surface area contributed by atoms with Crippen LogP contribution in [0.3, 0.4) is 0 Å². The van der Waals surface area contributed by atoms with Crippen LogP contribution in [-0.4, -0.2) is 73.8 Å². The maximum absolute atomic E-state index is 14.0. The van der Waals surface area contributed by atoms with Crippen LogP contribution in [0.4, 0.5) is 92.2 Å². The van der Waals surface area contributed by atoms with Crippen LogP contribution in [-0.2, 0) is 20.7 Å². The van der Waals surface area contributed by atoms with Gasteiger partial charge in [-0.1, -0.05) is 30.3 Å². The maximum atomic E-state index is 14.0. The van der Waals surface area contributed by atoms with Crippen molar-refractivity contribution in [1.29, 1.82) is 0 Å². The summed E-state index contributed by atoms with van der Waals surface area (Å²) in [4.78, 5) is 0. The zero-order valence-electron chi connectivity index (χ0n) is 20.8. The standard InChI is InChI=1S/C20H13F21O3S/c21-11(22,13(25,26)15(29,30)17(33,34)19(37,38)39)12(23,24)14(27,28)16(31,32)18(35,36)20(40,41)45(42,43)44-9-5-4-8-10-6-2-1-3-7-10/h1-3,6-7H,4-5,8-9H2. The molecule has 0 saturated carbocycles. The van der Waals surface area contributed by atoms with E-state index in [2.05, 4.69) is 4.18 Å². The lowest BCUT2D eigenvalue weighted by molar-refractivity contribution is -0.472. The van der Waals surface area contributed by atoms with Gasteiger partial charge in [-0.25, -0.2) is 0 Å². The van der Waals surface area contributed by atoms with Crippen LogP contribution in [0.2, 0.25) is 0 Å². The molecule has 0 amide bonds. The van der Waals surface area contributed by atoms with Gasteiger partial charge in [0, 0.05) is 0 Å². The van der Waals surface area contributed by atoms with E-state index in [1.807, 2.05) is 0 Å². The number of unbranched alkanes of at least 4 members (excludes halogenated alkanes) is 1. The van der Waals surface area contributed by atoms with Gasteiger partial charge in [-0.05, 0) is 24.8 Å². The average molecular weight is 732 g/mol. The van der Waals surface area contributed by atoms with Crippen LogP contribution >= 0.6 is 0 Å². The molecule has 25 heteroatoms. The lowest BCUT2D eigenvalue weighted by Crippen LogP contribution is -2.77. The quantitative estimate of drug-likeness (QED) is 0.103. The number of halogens is 21. The minimum Gasteiger partial charge on any atom is -0.265 e. The van der Waals surface area contributed by atoms with Crippen LogP contribution in [0, 0.1) is 0 Å². The summed E-state index contributed by atoms with van der Waals surface area (Å²) in [6.45, 7) is -1.65. The van der Waals surface area contributed by atoms with E-state index in [9.17, 15) is 101 Å². The fraction of sp³-hybridized carbons (Fsp3) is 0.700. The Morgan fingerprint density at radius 2 is 0.800 bits per heavy atom. The van der Waals surface area contributed by atoms with Crippen molar-refractivity contribution in [1.82, 2.24) is 0 Å². The molecule has 0 radical (unpaired) electrons. The van der Waals surface area contributed by atoms with Crippen molar-refractivity contribution in [3.63, 3.8) is 0 Å². The summed E-state index contributed by atoms with van der Waals surface area (Å²) in [5.41, 5.74) is 0.488. The van der Waals surface area contributed by atoms with Gasteiger partial charge in [0.25, 0.3) is 0 Å². The van der Waals surface area contributed by atoms with Crippen molar-refractivity contribution >= 4 is 10.1 Å². The van der Waals surface area contributed by atoms with Gasteiger partial charge in [-0.2, -0.15) is 101 Å². The van der Waals surface area contributed by atoms with E-state index < -0.39 is 82.0 Å². The largest absolute Gasteiger partial charge is 0.460 e. The lowest BCUT2D eigenvalue weighted by Gasteiger charge is -2.44. The zero-order chi connectivity index (χ0) is 36.1. The summed E-state index contributed by atoms with van der Waals surface area (Å²) in [7, 11) is -7.70. The highest BCUT2D eigenvalue weighted by molar-refractivity contribution is 7.87. The molecule has 3 nitrogen and oxygen atoms in total. The summed E-state index contributed by atoms with van der Waals surface area (Å²) in [6, 6.07) is 7.36. The molecule has 0 bridgehead atoms. The molecular weight excluding hydrogens is 719 g/mol. The fourth-order valence-corrected chi connectivity index (χ4v) is 3.95. The van der Waals surface area contributed by atoms with E-state index in [4.69, 9.17) is 0 Å².